The van der Waals surface area contributed by atoms with Crippen molar-refractivity contribution < 1.29 is 5.11 Å². The molecule has 4 heteroatoms. The van der Waals surface area contributed by atoms with Gasteiger partial charge in [0.05, 0.1) is 12.1 Å². The van der Waals surface area contributed by atoms with Gasteiger partial charge in [0, 0.05) is 8.95 Å². The molecule has 0 saturated carbocycles. The van der Waals surface area contributed by atoms with E-state index in [0.29, 0.717) is 0 Å². The summed E-state index contributed by atoms with van der Waals surface area (Å²) in [5, 5.41) is 10.1. The van der Waals surface area contributed by atoms with Crippen LogP contribution in [0.5, 0.6) is 0 Å². The maximum atomic E-state index is 10.1. The van der Waals surface area contributed by atoms with Crippen molar-refractivity contribution in [1.29, 1.82) is 0 Å². The summed E-state index contributed by atoms with van der Waals surface area (Å²) >= 11 is 6.83. The summed E-state index contributed by atoms with van der Waals surface area (Å²) in [7, 11) is 0. The van der Waals surface area contributed by atoms with Gasteiger partial charge in [-0.05, 0) is 29.2 Å². The average Bonchev–Trinajstić information content (AvgIpc) is 2.12. The maximum Gasteiger partial charge on any atom is 0.0780 e. The summed E-state index contributed by atoms with van der Waals surface area (Å²) in [5.74, 6) is 0. The Balaban J connectivity index is 3.00. The first-order valence-electron chi connectivity index (χ1n) is 5.11. The molecule has 0 aliphatic heterocycles. The van der Waals surface area contributed by atoms with Crippen LogP contribution in [0.25, 0.3) is 0 Å². The predicted molar refractivity (Wildman–Crippen MR) is 74.2 cm³/mol. The molecule has 0 saturated heterocycles. The van der Waals surface area contributed by atoms with Gasteiger partial charge in [0.25, 0.3) is 0 Å². The number of nitrogens with two attached hydrogens (primary N) is 1. The number of benzene rings is 1. The third-order valence-electron chi connectivity index (χ3n) is 2.50. The molecule has 0 aliphatic rings. The molecule has 0 aromatic heterocycles. The molecule has 0 fully saturated rings. The van der Waals surface area contributed by atoms with E-state index in [4.69, 9.17) is 5.73 Å². The third-order valence-corrected chi connectivity index (χ3v) is 3.41. The molecular formula is C12H17Br2NO. The fourth-order valence-corrected chi connectivity index (χ4v) is 2.82. The molecule has 16 heavy (non-hydrogen) atoms. The monoisotopic (exact) mass is 349 g/mol. The van der Waals surface area contributed by atoms with Crippen LogP contribution >= 0.6 is 31.9 Å². The normalized spacial score (nSPS) is 15.9. The molecule has 0 amide bonds. The van der Waals surface area contributed by atoms with Gasteiger partial charge in [0.1, 0.15) is 0 Å². The largest absolute Gasteiger partial charge is 0.391 e. The van der Waals surface area contributed by atoms with Crippen LogP contribution in [0, 0.1) is 5.41 Å². The van der Waals surface area contributed by atoms with Gasteiger partial charge in [-0.2, -0.15) is 0 Å². The molecule has 0 spiro atoms. The molecule has 90 valence electrons. The minimum Gasteiger partial charge on any atom is -0.391 e. The number of aliphatic hydroxyl groups is 1. The number of aliphatic hydroxyl groups excluding tert-OH is 1. The minimum absolute atomic E-state index is 0.228. The molecule has 2 nitrogen and oxygen atoms in total. The molecule has 1 aromatic rings. The van der Waals surface area contributed by atoms with Gasteiger partial charge in [-0.25, -0.2) is 0 Å². The highest BCUT2D eigenvalue weighted by molar-refractivity contribution is 9.11. The van der Waals surface area contributed by atoms with E-state index in [1.165, 1.54) is 0 Å². The Morgan fingerprint density at radius 1 is 1.12 bits per heavy atom. The van der Waals surface area contributed by atoms with Crippen LogP contribution in [-0.4, -0.2) is 11.2 Å². The zero-order chi connectivity index (χ0) is 12.5. The van der Waals surface area contributed by atoms with E-state index in [0.717, 1.165) is 14.5 Å². The highest BCUT2D eigenvalue weighted by Gasteiger charge is 2.29. The van der Waals surface area contributed by atoms with Crippen LogP contribution in [0.3, 0.4) is 0 Å². The lowest BCUT2D eigenvalue weighted by Crippen LogP contribution is -2.36. The lowest BCUT2D eigenvalue weighted by molar-refractivity contribution is 0.0401. The topological polar surface area (TPSA) is 46.2 Å². The summed E-state index contributed by atoms with van der Waals surface area (Å²) in [4.78, 5) is 0. The Morgan fingerprint density at radius 3 is 1.94 bits per heavy atom. The summed E-state index contributed by atoms with van der Waals surface area (Å²) in [6.45, 7) is 5.93. The Morgan fingerprint density at radius 2 is 1.56 bits per heavy atom. The highest BCUT2D eigenvalue weighted by atomic mass is 79.9. The quantitative estimate of drug-likeness (QED) is 0.855. The van der Waals surface area contributed by atoms with Crippen LogP contribution in [0.4, 0.5) is 0 Å². The number of hydrogen-bond donors (Lipinski definition) is 2. The van der Waals surface area contributed by atoms with Gasteiger partial charge in [-0.15, -0.1) is 0 Å². The second kappa shape index (κ2) is 5.17. The lowest BCUT2D eigenvalue weighted by atomic mass is 9.82. The molecular weight excluding hydrogens is 334 g/mol. The van der Waals surface area contributed by atoms with Crippen LogP contribution in [0.1, 0.15) is 32.4 Å². The zero-order valence-electron chi connectivity index (χ0n) is 9.67. The molecule has 1 rings (SSSR count). The first kappa shape index (κ1) is 14.2. The van der Waals surface area contributed by atoms with E-state index in [2.05, 4.69) is 31.9 Å². The molecule has 0 aliphatic carbocycles. The van der Waals surface area contributed by atoms with Crippen LogP contribution in [0.2, 0.25) is 0 Å². The van der Waals surface area contributed by atoms with Crippen molar-refractivity contribution in [2.24, 2.45) is 11.1 Å². The van der Waals surface area contributed by atoms with E-state index in [1.807, 2.05) is 39.0 Å². The number of halogens is 2. The third kappa shape index (κ3) is 3.55. The van der Waals surface area contributed by atoms with E-state index < -0.39 is 6.10 Å². The second-order valence-electron chi connectivity index (χ2n) is 5.04. The molecule has 0 heterocycles. The predicted octanol–water partition coefficient (Wildman–Crippen LogP) is 3.62. The van der Waals surface area contributed by atoms with Gasteiger partial charge < -0.3 is 10.8 Å². The van der Waals surface area contributed by atoms with Crippen LogP contribution in [-0.2, 0) is 0 Å². The molecule has 0 bridgehead atoms. The zero-order valence-corrected chi connectivity index (χ0v) is 12.8. The van der Waals surface area contributed by atoms with Crippen molar-refractivity contribution in [2.45, 2.75) is 32.9 Å². The SMILES string of the molecule is CC(C)(C)[C@H](O)[C@H](N)c1cc(Br)cc(Br)c1. The van der Waals surface area contributed by atoms with Crippen molar-refractivity contribution >= 4 is 31.9 Å². The molecule has 1 aromatic carbocycles. The van der Waals surface area contributed by atoms with Crippen LogP contribution in [0.15, 0.2) is 27.1 Å². The van der Waals surface area contributed by atoms with Gasteiger partial charge in [0.15, 0.2) is 0 Å². The number of rotatable bonds is 2. The van der Waals surface area contributed by atoms with Crippen molar-refractivity contribution in [3.63, 3.8) is 0 Å². The van der Waals surface area contributed by atoms with Gasteiger partial charge in [-0.1, -0.05) is 52.6 Å². The Kier molecular flexibility index (Phi) is 4.57. The summed E-state index contributed by atoms with van der Waals surface area (Å²) in [6, 6.07) is 5.43. The van der Waals surface area contributed by atoms with E-state index in [9.17, 15) is 5.11 Å². The van der Waals surface area contributed by atoms with E-state index >= 15 is 0 Å². The van der Waals surface area contributed by atoms with Crippen molar-refractivity contribution in [2.75, 3.05) is 0 Å². The fourth-order valence-electron chi connectivity index (χ4n) is 1.49. The number of hydrogen-bond acceptors (Lipinski definition) is 2. The standard InChI is InChI=1S/C12H17Br2NO/c1-12(2,3)11(16)10(15)7-4-8(13)6-9(14)5-7/h4-6,10-11,16H,15H2,1-3H3/t10-,11-/m1/s1. The summed E-state index contributed by atoms with van der Waals surface area (Å²) in [6.07, 6.45) is -0.575. The average molecular weight is 351 g/mol. The summed E-state index contributed by atoms with van der Waals surface area (Å²) < 4.78 is 1.90. The van der Waals surface area contributed by atoms with Crippen molar-refractivity contribution in [3.05, 3.63) is 32.7 Å². The van der Waals surface area contributed by atoms with E-state index in [1.54, 1.807) is 0 Å². The Labute approximate surface area is 113 Å². The smallest absolute Gasteiger partial charge is 0.0780 e. The van der Waals surface area contributed by atoms with Gasteiger partial charge in [0.2, 0.25) is 0 Å². The lowest BCUT2D eigenvalue weighted by Gasteiger charge is -2.31. The first-order valence-corrected chi connectivity index (χ1v) is 6.70. The van der Waals surface area contributed by atoms with Gasteiger partial charge in [-0.3, -0.25) is 0 Å². The van der Waals surface area contributed by atoms with Crippen LogP contribution < -0.4 is 5.73 Å². The molecule has 2 atom stereocenters. The van der Waals surface area contributed by atoms with E-state index in [-0.39, 0.29) is 11.5 Å². The maximum absolute atomic E-state index is 10.1. The molecule has 0 radical (unpaired) electrons. The Hall–Kier alpha value is 0.1000. The minimum atomic E-state index is -0.575. The van der Waals surface area contributed by atoms with Crippen molar-refractivity contribution in [3.8, 4) is 0 Å². The molecule has 3 N–H and O–H groups in total. The van der Waals surface area contributed by atoms with Crippen molar-refractivity contribution in [1.82, 2.24) is 0 Å². The first-order chi connectivity index (χ1) is 7.21. The fraction of sp³-hybridized carbons (Fsp3) is 0.500. The molecule has 0 unspecified atom stereocenters. The van der Waals surface area contributed by atoms with Gasteiger partial charge >= 0.3 is 0 Å². The second-order valence-corrected chi connectivity index (χ2v) is 6.87. The Bertz CT molecular complexity index is 354. The summed E-state index contributed by atoms with van der Waals surface area (Å²) in [5.41, 5.74) is 6.76. The highest BCUT2D eigenvalue weighted by Crippen LogP contribution is 2.31.